The van der Waals surface area contributed by atoms with Crippen molar-refractivity contribution in [1.82, 2.24) is 9.05 Å². The highest BCUT2D eigenvalue weighted by Gasteiger charge is 2.36. The molecular formula is C40H23BN2O. The predicted molar refractivity (Wildman–Crippen MR) is 185 cm³/mol. The summed E-state index contributed by atoms with van der Waals surface area (Å²) in [6.07, 6.45) is 0. The van der Waals surface area contributed by atoms with Gasteiger partial charge in [-0.1, -0.05) is 109 Å². The second-order valence-electron chi connectivity index (χ2n) is 12.0. The Bertz CT molecular complexity index is 2850. The van der Waals surface area contributed by atoms with E-state index in [2.05, 4.69) is 149 Å². The first-order valence-corrected chi connectivity index (χ1v) is 15.2. The van der Waals surface area contributed by atoms with Crippen LogP contribution in [0.15, 0.2) is 144 Å². The molecule has 4 heterocycles. The maximum Gasteiger partial charge on any atom is 0.332 e. The number of rotatable bonds is 1. The molecule has 11 rings (SSSR count). The molecule has 0 atom stereocenters. The largest absolute Gasteiger partial charge is 0.454 e. The van der Waals surface area contributed by atoms with Crippen LogP contribution in [0, 0.1) is 0 Å². The van der Waals surface area contributed by atoms with E-state index < -0.39 is 0 Å². The topological polar surface area (TPSA) is 23.0 Å². The molecule has 0 saturated carbocycles. The summed E-state index contributed by atoms with van der Waals surface area (Å²) in [6.45, 7) is -0.0424. The van der Waals surface area contributed by atoms with Crippen molar-refractivity contribution < 1.29 is 4.42 Å². The molecule has 44 heavy (non-hydrogen) atoms. The average molecular weight is 558 g/mol. The number of hydrogen-bond acceptors (Lipinski definition) is 1. The first-order chi connectivity index (χ1) is 21.9. The minimum atomic E-state index is -0.0424. The van der Waals surface area contributed by atoms with Gasteiger partial charge in [0.05, 0.1) is 16.6 Å². The predicted octanol–water partition coefficient (Wildman–Crippen LogP) is 8.91. The Kier molecular flexibility index (Phi) is 4.15. The van der Waals surface area contributed by atoms with Crippen LogP contribution in [0.3, 0.4) is 0 Å². The first-order valence-electron chi connectivity index (χ1n) is 15.2. The van der Waals surface area contributed by atoms with Crippen molar-refractivity contribution in [2.24, 2.45) is 0 Å². The van der Waals surface area contributed by atoms with Crippen molar-refractivity contribution in [2.75, 3.05) is 0 Å². The van der Waals surface area contributed by atoms with Gasteiger partial charge in [0.25, 0.3) is 0 Å². The van der Waals surface area contributed by atoms with E-state index in [4.69, 9.17) is 4.42 Å². The molecule has 0 radical (unpaired) electrons. The Balaban J connectivity index is 1.37. The van der Waals surface area contributed by atoms with Crippen molar-refractivity contribution in [2.45, 2.75) is 0 Å². The Morgan fingerprint density at radius 2 is 1.18 bits per heavy atom. The monoisotopic (exact) mass is 558 g/mol. The summed E-state index contributed by atoms with van der Waals surface area (Å²) >= 11 is 0. The van der Waals surface area contributed by atoms with Crippen LogP contribution in [-0.2, 0) is 0 Å². The highest BCUT2D eigenvalue weighted by atomic mass is 16.3. The lowest BCUT2D eigenvalue weighted by atomic mass is 9.48. The summed E-state index contributed by atoms with van der Waals surface area (Å²) in [5, 5.41) is 9.94. The molecule has 0 spiro atoms. The summed E-state index contributed by atoms with van der Waals surface area (Å²) in [4.78, 5) is 0. The van der Waals surface area contributed by atoms with Crippen molar-refractivity contribution in [1.29, 1.82) is 0 Å². The molecule has 0 saturated heterocycles. The maximum absolute atomic E-state index is 6.73. The Morgan fingerprint density at radius 1 is 0.455 bits per heavy atom. The van der Waals surface area contributed by atoms with Gasteiger partial charge < -0.3 is 13.5 Å². The molecular weight excluding hydrogens is 535 g/mol. The van der Waals surface area contributed by atoms with E-state index in [1.165, 1.54) is 65.5 Å². The first kappa shape index (κ1) is 22.8. The quantitative estimate of drug-likeness (QED) is 0.185. The summed E-state index contributed by atoms with van der Waals surface area (Å²) in [7, 11) is 0. The van der Waals surface area contributed by atoms with Gasteiger partial charge in [-0.25, -0.2) is 0 Å². The molecule has 10 aromatic rings. The summed E-state index contributed by atoms with van der Waals surface area (Å²) in [5.41, 5.74) is 10.6. The second kappa shape index (κ2) is 8.00. The molecule has 1 aliphatic heterocycles. The third-order valence-corrected chi connectivity index (χ3v) is 9.95. The van der Waals surface area contributed by atoms with Gasteiger partial charge in [-0.05, 0) is 52.0 Å². The van der Waals surface area contributed by atoms with E-state index in [1.54, 1.807) is 0 Å². The lowest BCUT2D eigenvalue weighted by Gasteiger charge is -2.28. The van der Waals surface area contributed by atoms with Gasteiger partial charge in [-0.2, -0.15) is 0 Å². The van der Waals surface area contributed by atoms with Crippen molar-refractivity contribution in [3.63, 3.8) is 0 Å². The maximum atomic E-state index is 6.73. The fourth-order valence-corrected chi connectivity index (χ4v) is 8.23. The van der Waals surface area contributed by atoms with E-state index in [0.717, 1.165) is 27.5 Å². The SMILES string of the molecule is c1ccc2c(c1)B(n1c3ccccc3c3ccc4c5ccccc5oc4c31)c1cccc3c4c5ccccc5ccc4n-2c13. The summed E-state index contributed by atoms with van der Waals surface area (Å²) in [5.74, 6) is 0. The fraction of sp³-hybridized carbons (Fsp3) is 0. The van der Waals surface area contributed by atoms with Gasteiger partial charge in [-0.15, -0.1) is 0 Å². The van der Waals surface area contributed by atoms with Crippen LogP contribution < -0.4 is 10.9 Å². The minimum absolute atomic E-state index is 0.0424. The van der Waals surface area contributed by atoms with E-state index in [0.29, 0.717) is 0 Å². The molecule has 0 bridgehead atoms. The van der Waals surface area contributed by atoms with Gasteiger partial charge in [0.1, 0.15) is 5.58 Å². The van der Waals surface area contributed by atoms with E-state index in [1.807, 2.05) is 0 Å². The third kappa shape index (κ3) is 2.66. The number of nitrogens with zero attached hydrogens (tertiary/aromatic N) is 2. The Labute approximate surface area is 252 Å². The lowest BCUT2D eigenvalue weighted by molar-refractivity contribution is 0.671. The Morgan fingerprint density at radius 3 is 2.14 bits per heavy atom. The zero-order chi connectivity index (χ0) is 28.5. The van der Waals surface area contributed by atoms with Gasteiger partial charge >= 0.3 is 6.85 Å². The molecule has 0 fully saturated rings. The molecule has 3 aromatic heterocycles. The second-order valence-corrected chi connectivity index (χ2v) is 12.0. The zero-order valence-electron chi connectivity index (χ0n) is 23.7. The molecule has 0 aliphatic carbocycles. The van der Waals surface area contributed by atoms with E-state index in [9.17, 15) is 0 Å². The molecule has 0 N–H and O–H groups in total. The van der Waals surface area contributed by atoms with Crippen LogP contribution in [0.25, 0.3) is 82.0 Å². The van der Waals surface area contributed by atoms with Gasteiger partial charge in [-0.3, -0.25) is 0 Å². The number of para-hydroxylation sites is 4. The number of benzene rings is 7. The van der Waals surface area contributed by atoms with Crippen LogP contribution in [-0.4, -0.2) is 15.9 Å². The van der Waals surface area contributed by atoms with E-state index >= 15 is 0 Å². The van der Waals surface area contributed by atoms with Crippen LogP contribution in [0.5, 0.6) is 0 Å². The van der Waals surface area contributed by atoms with E-state index in [-0.39, 0.29) is 6.85 Å². The van der Waals surface area contributed by atoms with Crippen LogP contribution in [0.2, 0.25) is 0 Å². The molecule has 1 aliphatic rings. The van der Waals surface area contributed by atoms with Crippen LogP contribution in [0.4, 0.5) is 0 Å². The smallest absolute Gasteiger partial charge is 0.332 e. The normalized spacial score (nSPS) is 13.0. The standard InChI is InChI=1S/C40H23BN2O/c1-2-11-25-24(10-1)20-23-35-37(25)30-14-9-16-32-38(30)42(35)34-18-7-5-15-31(34)41(32)43-33-17-6-3-12-26(33)28-21-22-29-27-13-4-8-19-36(27)44-40(29)39(28)43/h1-23H. The molecule has 4 heteroatoms. The molecule has 0 amide bonds. The fourth-order valence-electron chi connectivity index (χ4n) is 8.23. The highest BCUT2D eigenvalue weighted by Crippen LogP contribution is 2.41. The number of furan rings is 1. The highest BCUT2D eigenvalue weighted by molar-refractivity contribution is 6.88. The van der Waals surface area contributed by atoms with Gasteiger partial charge in [0.2, 0.25) is 0 Å². The summed E-state index contributed by atoms with van der Waals surface area (Å²) in [6, 6.07) is 50.9. The van der Waals surface area contributed by atoms with Crippen LogP contribution >= 0.6 is 0 Å². The van der Waals surface area contributed by atoms with Crippen LogP contribution in [0.1, 0.15) is 0 Å². The van der Waals surface area contributed by atoms with Gasteiger partial charge in [0, 0.05) is 43.5 Å². The summed E-state index contributed by atoms with van der Waals surface area (Å²) < 4.78 is 11.8. The molecule has 0 unspecified atom stereocenters. The molecule has 202 valence electrons. The number of aromatic nitrogens is 2. The van der Waals surface area contributed by atoms with Gasteiger partial charge in [0.15, 0.2) is 5.58 Å². The Hall–Kier alpha value is -5.74. The van der Waals surface area contributed by atoms with Crippen molar-refractivity contribution in [3.05, 3.63) is 140 Å². The number of fused-ring (bicyclic) bond motifs is 14. The number of hydrogen-bond donors (Lipinski definition) is 0. The van der Waals surface area contributed by atoms with Crippen molar-refractivity contribution >= 4 is 94.1 Å². The lowest BCUT2D eigenvalue weighted by Crippen LogP contribution is -2.53. The minimum Gasteiger partial charge on any atom is -0.454 e. The zero-order valence-corrected chi connectivity index (χ0v) is 23.7. The molecule has 7 aromatic carbocycles. The molecule has 3 nitrogen and oxygen atoms in total. The third-order valence-electron chi connectivity index (χ3n) is 9.95. The van der Waals surface area contributed by atoms with Crippen molar-refractivity contribution in [3.8, 4) is 5.69 Å². The average Bonchev–Trinajstić information content (AvgIpc) is 3.74.